The van der Waals surface area contributed by atoms with Crippen molar-refractivity contribution in [1.29, 1.82) is 0 Å². The number of amides is 1. The lowest BCUT2D eigenvalue weighted by atomic mass is 10.1. The van der Waals surface area contributed by atoms with Crippen molar-refractivity contribution < 1.29 is 17.6 Å². The van der Waals surface area contributed by atoms with Crippen molar-refractivity contribution in [3.05, 3.63) is 65.5 Å². The molecule has 1 amide bonds. The van der Waals surface area contributed by atoms with Crippen molar-refractivity contribution >= 4 is 21.6 Å². The van der Waals surface area contributed by atoms with Gasteiger partial charge in [-0.3, -0.25) is 9.52 Å². The molecule has 0 aliphatic heterocycles. The Hall–Kier alpha value is -2.41. The van der Waals surface area contributed by atoms with Crippen LogP contribution in [-0.4, -0.2) is 20.6 Å². The molecule has 2 N–H and O–H groups in total. The molecule has 0 spiro atoms. The normalized spacial score (nSPS) is 12.5. The molecule has 5 nitrogen and oxygen atoms in total. The quantitative estimate of drug-likeness (QED) is 0.841. The average molecular weight is 350 g/mol. The number of rotatable bonds is 6. The maximum atomic E-state index is 12.9. The molecule has 0 aliphatic rings. The number of carbonyl (C=O) groups is 1. The van der Waals surface area contributed by atoms with Gasteiger partial charge in [-0.2, -0.15) is 0 Å². The Morgan fingerprint density at radius 3 is 2.38 bits per heavy atom. The Kier molecular flexibility index (Phi) is 5.56. The Morgan fingerprint density at radius 2 is 1.75 bits per heavy atom. The van der Waals surface area contributed by atoms with Crippen molar-refractivity contribution in [1.82, 2.24) is 5.32 Å². The zero-order valence-corrected chi connectivity index (χ0v) is 14.2. The summed E-state index contributed by atoms with van der Waals surface area (Å²) in [5.41, 5.74) is 1.79. The molecule has 2 aromatic carbocycles. The molecular weight excluding hydrogens is 331 g/mol. The van der Waals surface area contributed by atoms with Gasteiger partial charge in [0.25, 0.3) is 0 Å². The molecule has 0 aromatic heterocycles. The van der Waals surface area contributed by atoms with E-state index in [1.165, 1.54) is 12.1 Å². The molecule has 0 radical (unpaired) electrons. The molecule has 0 saturated carbocycles. The summed E-state index contributed by atoms with van der Waals surface area (Å²) in [5.74, 6) is -0.587. The highest BCUT2D eigenvalue weighted by molar-refractivity contribution is 7.92. The second-order valence-corrected chi connectivity index (χ2v) is 7.30. The van der Waals surface area contributed by atoms with Gasteiger partial charge in [-0.05, 0) is 36.2 Å². The summed E-state index contributed by atoms with van der Waals surface area (Å²) in [4.78, 5) is 12.1. The van der Waals surface area contributed by atoms with Crippen LogP contribution in [0.4, 0.5) is 10.1 Å². The smallest absolute Gasteiger partial charge is 0.229 e. The number of sulfonamides is 1. The predicted molar refractivity (Wildman–Crippen MR) is 91.6 cm³/mol. The van der Waals surface area contributed by atoms with Gasteiger partial charge in [0.05, 0.1) is 24.4 Å². The fraction of sp³-hybridized carbons (Fsp3) is 0.235. The molecule has 0 bridgehead atoms. The van der Waals surface area contributed by atoms with Gasteiger partial charge in [0.15, 0.2) is 0 Å². The number of hydrogen-bond acceptors (Lipinski definition) is 3. The zero-order valence-electron chi connectivity index (χ0n) is 13.4. The van der Waals surface area contributed by atoms with Gasteiger partial charge < -0.3 is 5.32 Å². The standard InChI is InChI=1S/C17H19FN2O3S/c1-12(15-5-3-4-6-16(15)20-24(2,22)23)19-17(21)11-13-7-9-14(18)10-8-13/h3-10,12,20H,11H2,1-2H3,(H,19,21). The lowest BCUT2D eigenvalue weighted by Crippen LogP contribution is -2.28. The molecule has 0 aliphatic carbocycles. The van der Waals surface area contributed by atoms with Crippen LogP contribution in [0.1, 0.15) is 24.1 Å². The Balaban J connectivity index is 2.08. The first kappa shape index (κ1) is 17.9. The van der Waals surface area contributed by atoms with Gasteiger partial charge in [-0.15, -0.1) is 0 Å². The first-order valence-electron chi connectivity index (χ1n) is 7.35. The van der Waals surface area contributed by atoms with Gasteiger partial charge in [-0.1, -0.05) is 30.3 Å². The maximum Gasteiger partial charge on any atom is 0.229 e. The Morgan fingerprint density at radius 1 is 1.12 bits per heavy atom. The highest BCUT2D eigenvalue weighted by Crippen LogP contribution is 2.23. The van der Waals surface area contributed by atoms with Crippen LogP contribution in [0.3, 0.4) is 0 Å². The molecular formula is C17H19FN2O3S. The first-order valence-corrected chi connectivity index (χ1v) is 9.24. The summed E-state index contributed by atoms with van der Waals surface area (Å²) < 4.78 is 38.2. The number of hydrogen-bond donors (Lipinski definition) is 2. The molecule has 2 rings (SSSR count). The SMILES string of the molecule is CC(NC(=O)Cc1ccc(F)cc1)c1ccccc1NS(C)(=O)=O. The fourth-order valence-electron chi connectivity index (χ4n) is 2.33. The molecule has 128 valence electrons. The van der Waals surface area contributed by atoms with Crippen LogP contribution < -0.4 is 10.0 Å². The summed E-state index contributed by atoms with van der Waals surface area (Å²) >= 11 is 0. The van der Waals surface area contributed by atoms with Crippen LogP contribution in [0.25, 0.3) is 0 Å². The monoisotopic (exact) mass is 350 g/mol. The molecule has 1 atom stereocenters. The van der Waals surface area contributed by atoms with E-state index >= 15 is 0 Å². The summed E-state index contributed by atoms with van der Waals surface area (Å²) in [6.07, 6.45) is 1.19. The van der Waals surface area contributed by atoms with Crippen LogP contribution in [0, 0.1) is 5.82 Å². The van der Waals surface area contributed by atoms with E-state index in [0.29, 0.717) is 16.8 Å². The third-order valence-corrected chi connectivity index (χ3v) is 3.97. The Bertz CT molecular complexity index is 820. The van der Waals surface area contributed by atoms with Gasteiger partial charge in [0.2, 0.25) is 15.9 Å². The molecule has 24 heavy (non-hydrogen) atoms. The van der Waals surface area contributed by atoms with Crippen LogP contribution in [0.2, 0.25) is 0 Å². The van der Waals surface area contributed by atoms with E-state index in [1.807, 2.05) is 0 Å². The lowest BCUT2D eigenvalue weighted by Gasteiger charge is -2.18. The number of para-hydroxylation sites is 1. The first-order chi connectivity index (χ1) is 11.2. The highest BCUT2D eigenvalue weighted by Gasteiger charge is 2.15. The summed E-state index contributed by atoms with van der Waals surface area (Å²) in [5, 5.41) is 2.82. The number of anilines is 1. The minimum atomic E-state index is -3.41. The van der Waals surface area contributed by atoms with Gasteiger partial charge in [-0.25, -0.2) is 12.8 Å². The van der Waals surface area contributed by atoms with Gasteiger partial charge in [0.1, 0.15) is 5.82 Å². The van der Waals surface area contributed by atoms with Crippen molar-refractivity contribution in [3.8, 4) is 0 Å². The van der Waals surface area contributed by atoms with Crippen LogP contribution in [0.15, 0.2) is 48.5 Å². The molecule has 7 heteroatoms. The molecule has 0 fully saturated rings. The number of nitrogens with one attached hydrogen (secondary N) is 2. The van der Waals surface area contributed by atoms with E-state index in [1.54, 1.807) is 43.3 Å². The second kappa shape index (κ2) is 7.44. The largest absolute Gasteiger partial charge is 0.349 e. The van der Waals surface area contributed by atoms with Crippen molar-refractivity contribution in [2.45, 2.75) is 19.4 Å². The lowest BCUT2D eigenvalue weighted by molar-refractivity contribution is -0.121. The van der Waals surface area contributed by atoms with Gasteiger partial charge >= 0.3 is 0 Å². The summed E-state index contributed by atoms with van der Waals surface area (Å²) in [6.45, 7) is 1.77. The van der Waals surface area contributed by atoms with Crippen LogP contribution >= 0.6 is 0 Å². The van der Waals surface area contributed by atoms with E-state index < -0.39 is 10.0 Å². The topological polar surface area (TPSA) is 75.3 Å². The fourth-order valence-corrected chi connectivity index (χ4v) is 2.91. The number of carbonyl (C=O) groups excluding carboxylic acids is 1. The van der Waals surface area contributed by atoms with E-state index in [4.69, 9.17) is 0 Å². The summed E-state index contributed by atoms with van der Waals surface area (Å²) in [7, 11) is -3.41. The van der Waals surface area contributed by atoms with E-state index in [9.17, 15) is 17.6 Å². The van der Waals surface area contributed by atoms with Crippen molar-refractivity contribution in [3.63, 3.8) is 0 Å². The van der Waals surface area contributed by atoms with E-state index in [0.717, 1.165) is 6.26 Å². The van der Waals surface area contributed by atoms with Crippen LogP contribution in [-0.2, 0) is 21.2 Å². The predicted octanol–water partition coefficient (Wildman–Crippen LogP) is 2.62. The van der Waals surface area contributed by atoms with Crippen LogP contribution in [0.5, 0.6) is 0 Å². The second-order valence-electron chi connectivity index (χ2n) is 5.55. The average Bonchev–Trinajstić information content (AvgIpc) is 2.48. The number of benzene rings is 2. The van der Waals surface area contributed by atoms with Crippen molar-refractivity contribution in [2.24, 2.45) is 0 Å². The zero-order chi connectivity index (χ0) is 17.7. The summed E-state index contributed by atoms with van der Waals surface area (Å²) in [6, 6.07) is 12.2. The minimum Gasteiger partial charge on any atom is -0.349 e. The highest BCUT2D eigenvalue weighted by atomic mass is 32.2. The number of halogens is 1. The third-order valence-electron chi connectivity index (χ3n) is 3.38. The molecule has 0 heterocycles. The Labute approximate surface area is 141 Å². The van der Waals surface area contributed by atoms with Crippen molar-refractivity contribution in [2.75, 3.05) is 11.0 Å². The molecule has 0 saturated heterocycles. The van der Waals surface area contributed by atoms with E-state index in [2.05, 4.69) is 10.0 Å². The minimum absolute atomic E-state index is 0.117. The molecule has 2 aromatic rings. The molecule has 1 unspecified atom stereocenters. The van der Waals surface area contributed by atoms with Gasteiger partial charge in [0, 0.05) is 0 Å². The maximum absolute atomic E-state index is 12.9. The third kappa shape index (κ3) is 5.34. The van der Waals surface area contributed by atoms with E-state index in [-0.39, 0.29) is 24.2 Å².